The van der Waals surface area contributed by atoms with E-state index in [1.165, 1.54) is 24.3 Å². The Balaban J connectivity index is 2.40. The van der Waals surface area contributed by atoms with Crippen molar-refractivity contribution >= 4 is 28.1 Å². The summed E-state index contributed by atoms with van der Waals surface area (Å²) in [7, 11) is 0. The highest BCUT2D eigenvalue weighted by Gasteiger charge is 2.25. The standard InChI is InChI=1S/C11H9N3O4S/c12-11-13-8(5-19-11)9(10(15)16)6-1-3-7(4-2-6)14(17)18/h1-5,9H,(H2,12,13)(H,15,16). The quantitative estimate of drug-likeness (QED) is 0.651. The van der Waals surface area contributed by atoms with E-state index in [1.54, 1.807) is 5.38 Å². The summed E-state index contributed by atoms with van der Waals surface area (Å²) < 4.78 is 0. The van der Waals surface area contributed by atoms with Crippen molar-refractivity contribution in [3.05, 3.63) is 51.0 Å². The van der Waals surface area contributed by atoms with Crippen molar-refractivity contribution in [2.24, 2.45) is 0 Å². The lowest BCUT2D eigenvalue weighted by atomic mass is 9.96. The Morgan fingerprint density at radius 2 is 2.05 bits per heavy atom. The number of nitrogen functional groups attached to an aromatic ring is 1. The molecule has 0 bridgehead atoms. The highest BCUT2D eigenvalue weighted by Crippen LogP contribution is 2.28. The summed E-state index contributed by atoms with van der Waals surface area (Å²) in [6, 6.07) is 5.35. The van der Waals surface area contributed by atoms with Gasteiger partial charge >= 0.3 is 5.97 Å². The first kappa shape index (κ1) is 13.0. The van der Waals surface area contributed by atoms with Crippen LogP contribution in [0, 0.1) is 10.1 Å². The molecule has 1 aromatic carbocycles. The SMILES string of the molecule is Nc1nc(C(C(=O)O)c2ccc([N+](=O)[O-])cc2)cs1. The minimum absolute atomic E-state index is 0.0920. The number of aromatic nitrogens is 1. The van der Waals surface area contributed by atoms with Crippen LogP contribution in [0.2, 0.25) is 0 Å². The Morgan fingerprint density at radius 3 is 2.47 bits per heavy atom. The molecule has 0 fully saturated rings. The number of nitro benzene ring substituents is 1. The highest BCUT2D eigenvalue weighted by atomic mass is 32.1. The number of nitrogens with two attached hydrogens (primary N) is 1. The fraction of sp³-hybridized carbons (Fsp3) is 0.0909. The van der Waals surface area contributed by atoms with Crippen LogP contribution in [-0.2, 0) is 4.79 Å². The number of nitrogens with zero attached hydrogens (tertiary/aromatic N) is 2. The van der Waals surface area contributed by atoms with E-state index in [0.29, 0.717) is 11.3 Å². The van der Waals surface area contributed by atoms with Gasteiger partial charge in [0, 0.05) is 17.5 Å². The van der Waals surface area contributed by atoms with E-state index in [0.717, 1.165) is 11.3 Å². The van der Waals surface area contributed by atoms with Gasteiger partial charge in [0.05, 0.1) is 10.6 Å². The molecule has 1 aromatic heterocycles. The molecule has 0 amide bonds. The van der Waals surface area contributed by atoms with Gasteiger partial charge in [0.1, 0.15) is 5.92 Å². The molecule has 2 aromatic rings. The van der Waals surface area contributed by atoms with E-state index in [1.807, 2.05) is 0 Å². The second kappa shape index (κ2) is 5.02. The van der Waals surface area contributed by atoms with Gasteiger partial charge in [-0.25, -0.2) is 4.98 Å². The maximum Gasteiger partial charge on any atom is 0.317 e. The van der Waals surface area contributed by atoms with E-state index in [9.17, 15) is 20.0 Å². The number of nitro groups is 1. The van der Waals surface area contributed by atoms with Crippen LogP contribution in [0.25, 0.3) is 0 Å². The smallest absolute Gasteiger partial charge is 0.317 e. The molecule has 0 saturated carbocycles. The topological polar surface area (TPSA) is 119 Å². The third-order valence-corrected chi connectivity index (χ3v) is 3.21. The Morgan fingerprint density at radius 1 is 1.42 bits per heavy atom. The molecule has 0 saturated heterocycles. The predicted octanol–water partition coefficient (Wildman–Crippen LogP) is 1.85. The van der Waals surface area contributed by atoms with Crippen molar-refractivity contribution in [2.75, 3.05) is 5.73 Å². The zero-order valence-corrected chi connectivity index (χ0v) is 10.3. The molecule has 0 aliphatic carbocycles. The number of hydrogen-bond acceptors (Lipinski definition) is 6. The predicted molar refractivity (Wildman–Crippen MR) is 69.1 cm³/mol. The van der Waals surface area contributed by atoms with Crippen molar-refractivity contribution in [3.63, 3.8) is 0 Å². The highest BCUT2D eigenvalue weighted by molar-refractivity contribution is 7.13. The molecule has 0 spiro atoms. The molecular formula is C11H9N3O4S. The average molecular weight is 279 g/mol. The van der Waals surface area contributed by atoms with Crippen LogP contribution in [0.5, 0.6) is 0 Å². The molecule has 19 heavy (non-hydrogen) atoms. The molecule has 7 nitrogen and oxygen atoms in total. The first-order chi connectivity index (χ1) is 8.99. The van der Waals surface area contributed by atoms with Gasteiger partial charge in [-0.3, -0.25) is 14.9 Å². The number of benzene rings is 1. The second-order valence-electron chi connectivity index (χ2n) is 3.73. The second-order valence-corrected chi connectivity index (χ2v) is 4.62. The number of anilines is 1. The molecule has 2 rings (SSSR count). The summed E-state index contributed by atoms with van der Waals surface area (Å²) in [5.74, 6) is -2.06. The minimum atomic E-state index is -1.08. The lowest BCUT2D eigenvalue weighted by Gasteiger charge is -2.09. The Bertz CT molecular complexity index is 623. The number of rotatable bonds is 4. The summed E-state index contributed by atoms with van der Waals surface area (Å²) >= 11 is 1.15. The molecule has 0 aliphatic heterocycles. The van der Waals surface area contributed by atoms with Crippen LogP contribution >= 0.6 is 11.3 Å². The number of carboxylic acid groups (broad SMARTS) is 1. The summed E-state index contributed by atoms with van der Waals surface area (Å²) in [6.45, 7) is 0. The molecule has 0 radical (unpaired) electrons. The summed E-state index contributed by atoms with van der Waals surface area (Å²) in [4.78, 5) is 25.3. The first-order valence-corrected chi connectivity index (χ1v) is 6.05. The summed E-state index contributed by atoms with van der Waals surface area (Å²) in [5, 5.41) is 21.7. The van der Waals surface area contributed by atoms with Crippen molar-refractivity contribution in [1.29, 1.82) is 0 Å². The van der Waals surface area contributed by atoms with Gasteiger partial charge in [-0.2, -0.15) is 0 Å². The van der Waals surface area contributed by atoms with Crippen molar-refractivity contribution < 1.29 is 14.8 Å². The number of carboxylic acids is 1. The minimum Gasteiger partial charge on any atom is -0.480 e. The number of aliphatic carboxylic acids is 1. The number of thiazole rings is 1. The zero-order valence-electron chi connectivity index (χ0n) is 9.52. The van der Waals surface area contributed by atoms with E-state index < -0.39 is 16.8 Å². The fourth-order valence-corrected chi connectivity index (χ4v) is 2.25. The molecule has 1 heterocycles. The fourth-order valence-electron chi connectivity index (χ4n) is 1.66. The van der Waals surface area contributed by atoms with Crippen LogP contribution in [-0.4, -0.2) is 21.0 Å². The molecule has 8 heteroatoms. The maximum absolute atomic E-state index is 11.3. The van der Waals surface area contributed by atoms with E-state index in [-0.39, 0.29) is 10.8 Å². The Kier molecular flexibility index (Phi) is 3.43. The van der Waals surface area contributed by atoms with Crippen molar-refractivity contribution in [3.8, 4) is 0 Å². The van der Waals surface area contributed by atoms with Crippen LogP contribution in [0.15, 0.2) is 29.6 Å². The van der Waals surface area contributed by atoms with E-state index in [4.69, 9.17) is 5.73 Å². The third kappa shape index (κ3) is 2.68. The van der Waals surface area contributed by atoms with Crippen molar-refractivity contribution in [1.82, 2.24) is 4.98 Å². The maximum atomic E-state index is 11.3. The van der Waals surface area contributed by atoms with Crippen LogP contribution in [0.4, 0.5) is 10.8 Å². The monoisotopic (exact) mass is 279 g/mol. The molecule has 1 unspecified atom stereocenters. The van der Waals surface area contributed by atoms with Gasteiger partial charge < -0.3 is 10.8 Å². The third-order valence-electron chi connectivity index (χ3n) is 2.52. The molecule has 3 N–H and O–H groups in total. The molecule has 0 aliphatic rings. The number of hydrogen-bond donors (Lipinski definition) is 2. The van der Waals surface area contributed by atoms with Crippen LogP contribution < -0.4 is 5.73 Å². The van der Waals surface area contributed by atoms with Gasteiger partial charge in [0.15, 0.2) is 5.13 Å². The van der Waals surface area contributed by atoms with E-state index in [2.05, 4.69) is 4.98 Å². The van der Waals surface area contributed by atoms with Crippen LogP contribution in [0.3, 0.4) is 0 Å². The Labute approximate surface area is 111 Å². The van der Waals surface area contributed by atoms with Gasteiger partial charge in [-0.05, 0) is 5.56 Å². The largest absolute Gasteiger partial charge is 0.480 e. The lowest BCUT2D eigenvalue weighted by Crippen LogP contribution is -2.13. The van der Waals surface area contributed by atoms with Gasteiger partial charge in [0.2, 0.25) is 0 Å². The van der Waals surface area contributed by atoms with Crippen molar-refractivity contribution in [2.45, 2.75) is 5.92 Å². The molecule has 98 valence electrons. The van der Waals surface area contributed by atoms with Gasteiger partial charge in [-0.1, -0.05) is 12.1 Å². The number of non-ortho nitro benzene ring substituents is 1. The normalized spacial score (nSPS) is 12.0. The number of carbonyl (C=O) groups is 1. The van der Waals surface area contributed by atoms with Gasteiger partial charge in [0.25, 0.3) is 5.69 Å². The first-order valence-electron chi connectivity index (χ1n) is 5.17. The van der Waals surface area contributed by atoms with Crippen LogP contribution in [0.1, 0.15) is 17.2 Å². The van der Waals surface area contributed by atoms with Gasteiger partial charge in [-0.15, -0.1) is 11.3 Å². The summed E-state index contributed by atoms with van der Waals surface area (Å²) in [5.41, 5.74) is 6.13. The summed E-state index contributed by atoms with van der Waals surface area (Å²) in [6.07, 6.45) is 0. The molecular weight excluding hydrogens is 270 g/mol. The Hall–Kier alpha value is -2.48. The average Bonchev–Trinajstić information content (AvgIpc) is 2.76. The zero-order chi connectivity index (χ0) is 14.0. The molecule has 1 atom stereocenters. The van der Waals surface area contributed by atoms with E-state index >= 15 is 0 Å². The lowest BCUT2D eigenvalue weighted by molar-refractivity contribution is -0.384.